The topological polar surface area (TPSA) is 29.5 Å². The van der Waals surface area contributed by atoms with Gasteiger partial charge < -0.3 is 4.74 Å². The number of piperidine rings is 1. The summed E-state index contributed by atoms with van der Waals surface area (Å²) in [5.74, 6) is 0. The molecule has 0 N–H and O–H groups in total. The summed E-state index contributed by atoms with van der Waals surface area (Å²) >= 11 is 0. The predicted molar refractivity (Wildman–Crippen MR) is 47.3 cm³/mol. The van der Waals surface area contributed by atoms with Gasteiger partial charge in [-0.15, -0.1) is 0 Å². The van der Waals surface area contributed by atoms with Crippen LogP contribution in [0.25, 0.3) is 0 Å². The number of nitrogens with zero attached hydrogens (tertiary/aromatic N) is 1. The Morgan fingerprint density at radius 1 is 1.54 bits per heavy atom. The zero-order valence-electron chi connectivity index (χ0n) is 7.53. The molecule has 0 aromatic rings. The number of fused-ring (bicyclic) bond motifs is 1. The second-order valence-electron chi connectivity index (χ2n) is 4.20. The molecule has 2 aliphatic heterocycles. The lowest BCUT2D eigenvalue weighted by atomic mass is 9.85. The number of ether oxygens (including phenoxy) is 1. The lowest BCUT2D eigenvalue weighted by Gasteiger charge is -2.46. The Hall–Kier alpha value is -0.990. The average molecular weight is 179 g/mol. The molecule has 2 atom stereocenters. The van der Waals surface area contributed by atoms with Crippen LogP contribution in [-0.4, -0.2) is 29.2 Å². The molecule has 2 fully saturated rings. The van der Waals surface area contributed by atoms with Crippen molar-refractivity contribution in [3.05, 3.63) is 12.2 Å². The smallest absolute Gasteiger partial charge is 0.411 e. The fraction of sp³-hybridized carbons (Fsp3) is 0.700. The molecule has 3 aliphatic rings. The number of amides is 1. The number of carbonyl (C=O) groups is 1. The monoisotopic (exact) mass is 179 g/mol. The summed E-state index contributed by atoms with van der Waals surface area (Å²) in [5.41, 5.74) is 0.0399. The van der Waals surface area contributed by atoms with Crippen LogP contribution in [0.1, 0.15) is 25.7 Å². The van der Waals surface area contributed by atoms with E-state index in [9.17, 15) is 4.79 Å². The van der Waals surface area contributed by atoms with Crippen molar-refractivity contribution < 1.29 is 9.53 Å². The van der Waals surface area contributed by atoms with E-state index in [1.54, 1.807) is 0 Å². The summed E-state index contributed by atoms with van der Waals surface area (Å²) in [4.78, 5) is 13.5. The van der Waals surface area contributed by atoms with Crippen molar-refractivity contribution in [3.63, 3.8) is 0 Å². The Kier molecular flexibility index (Phi) is 1.30. The second-order valence-corrected chi connectivity index (χ2v) is 4.20. The van der Waals surface area contributed by atoms with Crippen LogP contribution in [0.15, 0.2) is 12.2 Å². The highest BCUT2D eigenvalue weighted by molar-refractivity contribution is 5.72. The van der Waals surface area contributed by atoms with Gasteiger partial charge in [-0.05, 0) is 25.3 Å². The molecular formula is C10H13NO2. The zero-order valence-corrected chi connectivity index (χ0v) is 7.53. The number of hydrogen-bond acceptors (Lipinski definition) is 2. The van der Waals surface area contributed by atoms with Crippen LogP contribution in [0, 0.1) is 0 Å². The maximum Gasteiger partial charge on any atom is 0.411 e. The van der Waals surface area contributed by atoms with Gasteiger partial charge in [0.25, 0.3) is 0 Å². The molecule has 3 rings (SSSR count). The van der Waals surface area contributed by atoms with E-state index in [0.29, 0.717) is 0 Å². The summed E-state index contributed by atoms with van der Waals surface area (Å²) in [7, 11) is 0. The molecule has 13 heavy (non-hydrogen) atoms. The maximum absolute atomic E-state index is 11.5. The van der Waals surface area contributed by atoms with Gasteiger partial charge in [-0.1, -0.05) is 6.08 Å². The molecule has 0 unspecified atom stereocenters. The van der Waals surface area contributed by atoms with E-state index < -0.39 is 0 Å². The molecule has 3 nitrogen and oxygen atoms in total. The molecule has 2 saturated heterocycles. The van der Waals surface area contributed by atoms with Crippen molar-refractivity contribution in [1.82, 2.24) is 4.90 Å². The van der Waals surface area contributed by atoms with E-state index in [1.807, 2.05) is 11.0 Å². The van der Waals surface area contributed by atoms with Gasteiger partial charge in [-0.3, -0.25) is 4.90 Å². The van der Waals surface area contributed by atoms with Crippen molar-refractivity contribution in [1.29, 1.82) is 0 Å². The minimum atomic E-state index is -0.110. The summed E-state index contributed by atoms with van der Waals surface area (Å²) in [6, 6.07) is 0. The predicted octanol–water partition coefficient (Wildman–Crippen LogP) is 1.69. The molecule has 0 radical (unpaired) electrons. The minimum absolute atomic E-state index is 0.0399. The van der Waals surface area contributed by atoms with Gasteiger partial charge in [0.2, 0.25) is 0 Å². The fourth-order valence-corrected chi connectivity index (χ4v) is 2.76. The molecule has 0 aromatic heterocycles. The first-order chi connectivity index (χ1) is 6.30. The largest absolute Gasteiger partial charge is 0.442 e. The Morgan fingerprint density at radius 2 is 2.46 bits per heavy atom. The van der Waals surface area contributed by atoms with Crippen molar-refractivity contribution in [2.24, 2.45) is 0 Å². The van der Waals surface area contributed by atoms with Gasteiger partial charge in [-0.25, -0.2) is 4.79 Å². The van der Waals surface area contributed by atoms with Gasteiger partial charge in [0.15, 0.2) is 0 Å². The third kappa shape index (κ3) is 0.872. The van der Waals surface area contributed by atoms with Gasteiger partial charge in [0.05, 0.1) is 5.54 Å². The van der Waals surface area contributed by atoms with Gasteiger partial charge >= 0.3 is 6.09 Å². The van der Waals surface area contributed by atoms with E-state index in [-0.39, 0.29) is 17.7 Å². The van der Waals surface area contributed by atoms with Gasteiger partial charge in [0.1, 0.15) is 6.10 Å². The highest BCUT2D eigenvalue weighted by Crippen LogP contribution is 2.42. The summed E-state index contributed by atoms with van der Waals surface area (Å²) in [6.45, 7) is 0.871. The molecule has 2 heterocycles. The van der Waals surface area contributed by atoms with E-state index >= 15 is 0 Å². The molecule has 70 valence electrons. The highest BCUT2D eigenvalue weighted by Gasteiger charge is 2.49. The first kappa shape index (κ1) is 7.42. The third-order valence-corrected chi connectivity index (χ3v) is 3.43. The Labute approximate surface area is 77.4 Å². The standard InChI is InChI=1S/C10H13NO2/c12-9-11-6-2-1-4-10(11)5-3-8(7-10)13-9/h3,5,8H,1-2,4,6-7H2/t8-,10+/m1/s1. The third-order valence-electron chi connectivity index (χ3n) is 3.43. The molecule has 3 heteroatoms. The summed E-state index contributed by atoms with van der Waals surface area (Å²) < 4.78 is 5.24. The van der Waals surface area contributed by atoms with Crippen molar-refractivity contribution in [3.8, 4) is 0 Å². The van der Waals surface area contributed by atoms with E-state index in [2.05, 4.69) is 6.08 Å². The second kappa shape index (κ2) is 2.28. The van der Waals surface area contributed by atoms with Crippen LogP contribution in [0.3, 0.4) is 0 Å². The molecule has 0 aromatic carbocycles. The lowest BCUT2D eigenvalue weighted by Crippen LogP contribution is -2.56. The van der Waals surface area contributed by atoms with Gasteiger partial charge in [0, 0.05) is 13.0 Å². The first-order valence-corrected chi connectivity index (χ1v) is 4.98. The van der Waals surface area contributed by atoms with Crippen LogP contribution in [-0.2, 0) is 4.74 Å². The van der Waals surface area contributed by atoms with E-state index in [4.69, 9.17) is 4.74 Å². The molecule has 1 amide bonds. The van der Waals surface area contributed by atoms with Crippen molar-refractivity contribution in [2.45, 2.75) is 37.3 Å². The number of carbonyl (C=O) groups excluding carboxylic acids is 1. The molecular weight excluding hydrogens is 166 g/mol. The van der Waals surface area contributed by atoms with Crippen LogP contribution in [0.4, 0.5) is 4.79 Å². The molecule has 1 spiro atoms. The Balaban J connectivity index is 2.00. The quantitative estimate of drug-likeness (QED) is 0.529. The minimum Gasteiger partial charge on any atom is -0.442 e. The molecule has 1 aliphatic carbocycles. The van der Waals surface area contributed by atoms with Crippen LogP contribution < -0.4 is 0 Å². The Bertz CT molecular complexity index is 287. The molecule has 2 bridgehead atoms. The number of hydrogen-bond donors (Lipinski definition) is 0. The fourth-order valence-electron chi connectivity index (χ4n) is 2.76. The summed E-state index contributed by atoms with van der Waals surface area (Å²) in [5, 5.41) is 0. The van der Waals surface area contributed by atoms with Crippen LogP contribution >= 0.6 is 0 Å². The van der Waals surface area contributed by atoms with Crippen molar-refractivity contribution in [2.75, 3.05) is 6.54 Å². The lowest BCUT2D eigenvalue weighted by molar-refractivity contribution is -0.0132. The van der Waals surface area contributed by atoms with E-state index in [1.165, 1.54) is 6.42 Å². The van der Waals surface area contributed by atoms with Gasteiger partial charge in [-0.2, -0.15) is 0 Å². The normalized spacial score (nSPS) is 41.7. The number of rotatable bonds is 0. The van der Waals surface area contributed by atoms with Crippen molar-refractivity contribution >= 4 is 6.09 Å². The van der Waals surface area contributed by atoms with Crippen LogP contribution in [0.5, 0.6) is 0 Å². The maximum atomic E-state index is 11.5. The highest BCUT2D eigenvalue weighted by atomic mass is 16.6. The SMILES string of the molecule is O=C1O[C@@H]2C=C[C@@]3(CCCCN13)C2. The average Bonchev–Trinajstić information content (AvgIpc) is 2.45. The molecule has 0 saturated carbocycles. The summed E-state index contributed by atoms with van der Waals surface area (Å²) in [6.07, 6.45) is 8.64. The first-order valence-electron chi connectivity index (χ1n) is 4.98. The zero-order chi connectivity index (χ0) is 8.89. The van der Waals surface area contributed by atoms with Crippen LogP contribution in [0.2, 0.25) is 0 Å². The van der Waals surface area contributed by atoms with E-state index in [0.717, 1.165) is 25.8 Å². The Morgan fingerprint density at radius 3 is 3.38 bits per heavy atom.